The molecule has 1 N–H and O–H groups in total. The average Bonchev–Trinajstić information content (AvgIpc) is 2.72. The summed E-state index contributed by atoms with van der Waals surface area (Å²) in [5, 5.41) is 8.65. The van der Waals surface area contributed by atoms with Crippen LogP contribution in [0.2, 0.25) is 0 Å². The van der Waals surface area contributed by atoms with Crippen LogP contribution in [0.1, 0.15) is 12.8 Å². The zero-order chi connectivity index (χ0) is 7.35. The zero-order valence-corrected chi connectivity index (χ0v) is 5.83. The number of carboxylic acid groups (broad SMARTS) is 1. The molecule has 0 radical (unpaired) electrons. The van der Waals surface area contributed by atoms with E-state index < -0.39 is 5.97 Å². The number of aliphatic carboxylic acids is 1. The molecule has 3 nitrogen and oxygen atoms in total. The molecule has 0 aliphatic heterocycles. The normalized spacial score (nSPS) is 39.7. The van der Waals surface area contributed by atoms with Crippen molar-refractivity contribution in [2.75, 3.05) is 7.11 Å². The van der Waals surface area contributed by atoms with Gasteiger partial charge in [0.1, 0.15) is 0 Å². The van der Waals surface area contributed by atoms with E-state index in [0.29, 0.717) is 0 Å². The molecule has 0 aromatic heterocycles. The van der Waals surface area contributed by atoms with E-state index in [1.54, 1.807) is 7.11 Å². The molecule has 0 amide bonds. The molecule has 2 aliphatic carbocycles. The van der Waals surface area contributed by atoms with Crippen molar-refractivity contribution in [2.24, 2.45) is 11.3 Å². The fourth-order valence-corrected chi connectivity index (χ4v) is 1.94. The average molecular weight is 142 g/mol. The Labute approximate surface area is 59.0 Å². The van der Waals surface area contributed by atoms with Gasteiger partial charge in [-0.3, -0.25) is 4.79 Å². The van der Waals surface area contributed by atoms with Crippen molar-refractivity contribution in [1.82, 2.24) is 0 Å². The molecule has 2 saturated carbocycles. The summed E-state index contributed by atoms with van der Waals surface area (Å²) in [6, 6.07) is 0. The largest absolute Gasteiger partial charge is 0.481 e. The molecular formula is C7H10O3. The van der Waals surface area contributed by atoms with Gasteiger partial charge in [-0.25, -0.2) is 0 Å². The van der Waals surface area contributed by atoms with Crippen LogP contribution >= 0.6 is 0 Å². The van der Waals surface area contributed by atoms with Gasteiger partial charge in [0.05, 0.1) is 12.0 Å². The number of hydrogen-bond donors (Lipinski definition) is 1. The molecular weight excluding hydrogens is 132 g/mol. The molecule has 2 rings (SSSR count). The van der Waals surface area contributed by atoms with Gasteiger partial charge in [0.2, 0.25) is 0 Å². The maximum Gasteiger partial charge on any atom is 0.309 e. The summed E-state index contributed by atoms with van der Waals surface area (Å²) in [5.74, 6) is -0.887. The Hall–Kier alpha value is -0.570. The smallest absolute Gasteiger partial charge is 0.309 e. The third-order valence-electron chi connectivity index (χ3n) is 2.73. The molecule has 0 bridgehead atoms. The van der Waals surface area contributed by atoms with Gasteiger partial charge in [-0.1, -0.05) is 0 Å². The minimum absolute atomic E-state index is 0.0185. The molecule has 2 aliphatic rings. The number of carbonyl (C=O) groups is 1. The maximum absolute atomic E-state index is 10.5. The minimum atomic E-state index is -0.690. The molecule has 10 heavy (non-hydrogen) atoms. The van der Waals surface area contributed by atoms with Gasteiger partial charge in [-0.15, -0.1) is 0 Å². The van der Waals surface area contributed by atoms with Crippen LogP contribution in [0.5, 0.6) is 0 Å². The Balaban J connectivity index is 2.08. The molecule has 0 saturated heterocycles. The topological polar surface area (TPSA) is 46.5 Å². The van der Waals surface area contributed by atoms with Gasteiger partial charge in [0.15, 0.2) is 0 Å². The number of hydrogen-bond acceptors (Lipinski definition) is 2. The zero-order valence-electron chi connectivity index (χ0n) is 5.83. The summed E-state index contributed by atoms with van der Waals surface area (Å²) < 4.78 is 5.03. The van der Waals surface area contributed by atoms with E-state index in [0.717, 1.165) is 12.8 Å². The fraction of sp³-hybridized carbons (Fsp3) is 0.857. The monoisotopic (exact) mass is 142 g/mol. The number of ether oxygens (including phenoxy) is 1. The summed E-state index contributed by atoms with van der Waals surface area (Å²) in [6.07, 6.45) is 2.11. The van der Waals surface area contributed by atoms with E-state index in [1.165, 1.54) is 0 Å². The molecule has 1 spiro atoms. The lowest BCUT2D eigenvalue weighted by Gasteiger charge is -1.88. The Morgan fingerprint density at radius 3 is 2.40 bits per heavy atom. The van der Waals surface area contributed by atoms with Crippen molar-refractivity contribution in [1.29, 1.82) is 0 Å². The van der Waals surface area contributed by atoms with Crippen molar-refractivity contribution in [3.8, 4) is 0 Å². The highest BCUT2D eigenvalue weighted by atomic mass is 16.5. The highest BCUT2D eigenvalue weighted by Crippen LogP contribution is 2.71. The van der Waals surface area contributed by atoms with Crippen molar-refractivity contribution in [2.45, 2.75) is 18.9 Å². The van der Waals surface area contributed by atoms with Gasteiger partial charge in [-0.2, -0.15) is 0 Å². The Morgan fingerprint density at radius 1 is 1.70 bits per heavy atom. The first kappa shape index (κ1) is 6.16. The number of carboxylic acids is 1. The van der Waals surface area contributed by atoms with Crippen molar-refractivity contribution >= 4 is 5.97 Å². The Bertz CT molecular complexity index is 183. The van der Waals surface area contributed by atoms with Crippen LogP contribution in [0.3, 0.4) is 0 Å². The van der Waals surface area contributed by atoms with Gasteiger partial charge in [0, 0.05) is 12.5 Å². The molecule has 2 fully saturated rings. The SMILES string of the molecule is COC1C(C(=O)O)C12CC2. The predicted molar refractivity (Wildman–Crippen MR) is 33.6 cm³/mol. The standard InChI is InChI=1S/C7H10O3/c1-10-5-4(6(8)9)7(5)2-3-7/h4-5H,2-3H2,1H3,(H,8,9). The number of rotatable bonds is 2. The van der Waals surface area contributed by atoms with Crippen molar-refractivity contribution < 1.29 is 14.6 Å². The molecule has 0 heterocycles. The highest BCUT2D eigenvalue weighted by molar-refractivity contribution is 5.77. The third-order valence-corrected chi connectivity index (χ3v) is 2.73. The maximum atomic E-state index is 10.5. The summed E-state index contributed by atoms with van der Waals surface area (Å²) in [7, 11) is 1.59. The van der Waals surface area contributed by atoms with E-state index >= 15 is 0 Å². The van der Waals surface area contributed by atoms with E-state index in [-0.39, 0.29) is 17.4 Å². The summed E-state index contributed by atoms with van der Waals surface area (Å²) in [5.41, 5.74) is 0.0839. The fourth-order valence-electron chi connectivity index (χ4n) is 1.94. The van der Waals surface area contributed by atoms with Crippen LogP contribution in [0.4, 0.5) is 0 Å². The van der Waals surface area contributed by atoms with Gasteiger partial charge >= 0.3 is 5.97 Å². The van der Waals surface area contributed by atoms with Crippen LogP contribution < -0.4 is 0 Å². The Kier molecular flexibility index (Phi) is 0.944. The Morgan fingerprint density at radius 2 is 2.30 bits per heavy atom. The lowest BCUT2D eigenvalue weighted by Crippen LogP contribution is -2.02. The van der Waals surface area contributed by atoms with E-state index in [1.807, 2.05) is 0 Å². The molecule has 2 unspecified atom stereocenters. The molecule has 0 aromatic rings. The first-order valence-electron chi connectivity index (χ1n) is 3.48. The van der Waals surface area contributed by atoms with Crippen LogP contribution in [-0.2, 0) is 9.53 Å². The van der Waals surface area contributed by atoms with E-state index in [2.05, 4.69) is 0 Å². The van der Waals surface area contributed by atoms with Crippen molar-refractivity contribution in [3.63, 3.8) is 0 Å². The quantitative estimate of drug-likeness (QED) is 0.610. The summed E-state index contributed by atoms with van der Waals surface area (Å²) in [4.78, 5) is 10.5. The molecule has 56 valence electrons. The van der Waals surface area contributed by atoms with Crippen LogP contribution in [0.15, 0.2) is 0 Å². The second kappa shape index (κ2) is 1.53. The summed E-state index contributed by atoms with van der Waals surface area (Å²) >= 11 is 0. The summed E-state index contributed by atoms with van der Waals surface area (Å²) in [6.45, 7) is 0. The van der Waals surface area contributed by atoms with Gasteiger partial charge in [-0.05, 0) is 12.8 Å². The van der Waals surface area contributed by atoms with Crippen LogP contribution in [-0.4, -0.2) is 24.3 Å². The predicted octanol–water partition coefficient (Wildman–Crippen LogP) is 0.496. The molecule has 3 heteroatoms. The first-order valence-corrected chi connectivity index (χ1v) is 3.48. The van der Waals surface area contributed by atoms with Crippen LogP contribution in [0.25, 0.3) is 0 Å². The first-order chi connectivity index (χ1) is 4.72. The van der Waals surface area contributed by atoms with E-state index in [9.17, 15) is 4.79 Å². The second-order valence-corrected chi connectivity index (χ2v) is 3.21. The lowest BCUT2D eigenvalue weighted by atomic mass is 10.3. The highest BCUT2D eigenvalue weighted by Gasteiger charge is 2.76. The third kappa shape index (κ3) is 0.515. The van der Waals surface area contributed by atoms with Crippen LogP contribution in [0, 0.1) is 11.3 Å². The second-order valence-electron chi connectivity index (χ2n) is 3.21. The van der Waals surface area contributed by atoms with Crippen molar-refractivity contribution in [3.05, 3.63) is 0 Å². The molecule has 0 aromatic carbocycles. The van der Waals surface area contributed by atoms with Gasteiger partial charge < -0.3 is 9.84 Å². The molecule has 2 atom stereocenters. The lowest BCUT2D eigenvalue weighted by molar-refractivity contribution is -0.139. The minimum Gasteiger partial charge on any atom is -0.481 e. The van der Waals surface area contributed by atoms with E-state index in [4.69, 9.17) is 9.84 Å². The van der Waals surface area contributed by atoms with Gasteiger partial charge in [0.25, 0.3) is 0 Å². The number of methoxy groups -OCH3 is 1.